The zero-order chi connectivity index (χ0) is 18.1. The molecule has 0 spiro atoms. The van der Waals surface area contributed by atoms with Gasteiger partial charge in [0.05, 0.1) is 16.9 Å². The number of nitrogens with one attached hydrogen (secondary N) is 1. The van der Waals surface area contributed by atoms with Gasteiger partial charge in [-0.15, -0.1) is 0 Å². The van der Waals surface area contributed by atoms with Gasteiger partial charge in [-0.3, -0.25) is 9.89 Å². The van der Waals surface area contributed by atoms with E-state index >= 15 is 0 Å². The summed E-state index contributed by atoms with van der Waals surface area (Å²) in [7, 11) is 0. The number of benzene rings is 3. The predicted octanol–water partition coefficient (Wildman–Crippen LogP) is 5.12. The smallest absolute Gasteiger partial charge is 0.279 e. The van der Waals surface area contributed by atoms with Gasteiger partial charge in [-0.2, -0.15) is 0 Å². The van der Waals surface area contributed by atoms with Crippen LogP contribution in [0.2, 0.25) is 0 Å². The second-order valence-electron chi connectivity index (χ2n) is 6.58. The number of hydrogen-bond acceptors (Lipinski definition) is 1. The molecule has 4 aromatic rings. The second kappa shape index (κ2) is 6.52. The molecule has 1 heterocycles. The van der Waals surface area contributed by atoms with E-state index in [4.69, 9.17) is 0 Å². The van der Waals surface area contributed by atoms with Crippen LogP contribution < -0.4 is 5.56 Å². The number of H-pyrrole nitrogens is 1. The normalized spacial score (nSPS) is 10.8. The zero-order valence-electron chi connectivity index (χ0n) is 14.9. The first-order chi connectivity index (χ1) is 12.6. The summed E-state index contributed by atoms with van der Waals surface area (Å²) in [5, 5.41) is 3.34. The van der Waals surface area contributed by atoms with Gasteiger partial charge in [0.1, 0.15) is 0 Å². The zero-order valence-corrected chi connectivity index (χ0v) is 14.9. The lowest BCUT2D eigenvalue weighted by Gasteiger charge is -2.04. The quantitative estimate of drug-likeness (QED) is 0.552. The lowest BCUT2D eigenvalue weighted by Crippen LogP contribution is -2.15. The maximum Gasteiger partial charge on any atom is 0.279 e. The molecule has 3 nitrogen and oxygen atoms in total. The van der Waals surface area contributed by atoms with Crippen molar-refractivity contribution in [2.75, 3.05) is 0 Å². The molecule has 3 heteroatoms. The Kier molecular flexibility index (Phi) is 4.05. The second-order valence-corrected chi connectivity index (χ2v) is 6.58. The molecular weight excluding hydrogens is 320 g/mol. The van der Waals surface area contributed by atoms with E-state index in [0.717, 1.165) is 33.6 Å². The summed E-state index contributed by atoms with van der Waals surface area (Å²) in [5.41, 5.74) is 6.52. The fourth-order valence-electron chi connectivity index (χ4n) is 3.27. The molecule has 0 radical (unpaired) electrons. The Morgan fingerprint density at radius 2 is 1.38 bits per heavy atom. The highest BCUT2D eigenvalue weighted by Gasteiger charge is 2.18. The maximum atomic E-state index is 13.3. The summed E-state index contributed by atoms with van der Waals surface area (Å²) < 4.78 is 1.63. The van der Waals surface area contributed by atoms with Gasteiger partial charge in [0.25, 0.3) is 5.56 Å². The number of aromatic nitrogens is 2. The third kappa shape index (κ3) is 2.88. The monoisotopic (exact) mass is 340 g/mol. The van der Waals surface area contributed by atoms with Gasteiger partial charge in [-0.1, -0.05) is 66.2 Å². The van der Waals surface area contributed by atoms with Crippen molar-refractivity contribution in [3.8, 4) is 28.1 Å². The van der Waals surface area contributed by atoms with Crippen molar-refractivity contribution in [2.24, 2.45) is 0 Å². The molecule has 3 aromatic carbocycles. The van der Waals surface area contributed by atoms with Crippen molar-refractivity contribution in [3.05, 3.63) is 100 Å². The van der Waals surface area contributed by atoms with Crippen molar-refractivity contribution in [3.63, 3.8) is 0 Å². The van der Waals surface area contributed by atoms with Crippen LogP contribution in [-0.4, -0.2) is 9.78 Å². The van der Waals surface area contributed by atoms with Crippen LogP contribution in [0.25, 0.3) is 28.1 Å². The summed E-state index contributed by atoms with van der Waals surface area (Å²) in [6.07, 6.45) is 0. The molecule has 0 aliphatic heterocycles. The van der Waals surface area contributed by atoms with Gasteiger partial charge in [0, 0.05) is 5.56 Å². The van der Waals surface area contributed by atoms with Gasteiger partial charge in [-0.25, -0.2) is 4.68 Å². The predicted molar refractivity (Wildman–Crippen MR) is 107 cm³/mol. The van der Waals surface area contributed by atoms with Crippen molar-refractivity contribution in [1.82, 2.24) is 9.78 Å². The average molecular weight is 340 g/mol. The summed E-state index contributed by atoms with van der Waals surface area (Å²) in [6, 6.07) is 26.0. The first-order valence-electron chi connectivity index (χ1n) is 8.68. The topological polar surface area (TPSA) is 37.8 Å². The van der Waals surface area contributed by atoms with Crippen molar-refractivity contribution >= 4 is 0 Å². The minimum atomic E-state index is -0.0432. The molecule has 0 aliphatic carbocycles. The third-order valence-corrected chi connectivity index (χ3v) is 4.52. The first-order valence-corrected chi connectivity index (χ1v) is 8.68. The third-order valence-electron chi connectivity index (χ3n) is 4.52. The Labute approximate surface area is 152 Å². The highest BCUT2D eigenvalue weighted by molar-refractivity contribution is 5.80. The minimum Gasteiger partial charge on any atom is -0.290 e. The van der Waals surface area contributed by atoms with Crippen LogP contribution >= 0.6 is 0 Å². The Hall–Kier alpha value is -3.33. The molecular formula is C23H20N2O. The molecule has 0 aliphatic rings. The molecule has 1 N–H and O–H groups in total. The molecule has 0 saturated heterocycles. The molecule has 128 valence electrons. The summed E-state index contributed by atoms with van der Waals surface area (Å²) >= 11 is 0. The van der Waals surface area contributed by atoms with E-state index in [-0.39, 0.29) is 5.56 Å². The molecule has 0 fully saturated rings. The van der Waals surface area contributed by atoms with Gasteiger partial charge < -0.3 is 0 Å². The van der Waals surface area contributed by atoms with E-state index in [0.29, 0.717) is 5.56 Å². The lowest BCUT2D eigenvalue weighted by molar-refractivity contribution is 0.852. The van der Waals surface area contributed by atoms with Gasteiger partial charge in [0.15, 0.2) is 0 Å². The number of aromatic amines is 1. The van der Waals surface area contributed by atoms with Crippen LogP contribution in [0, 0.1) is 13.8 Å². The van der Waals surface area contributed by atoms with Gasteiger partial charge in [0.2, 0.25) is 0 Å². The molecule has 0 unspecified atom stereocenters. The highest BCUT2D eigenvalue weighted by atomic mass is 16.1. The Morgan fingerprint density at radius 3 is 2.08 bits per heavy atom. The number of nitrogens with zero attached hydrogens (tertiary/aromatic N) is 1. The van der Waals surface area contributed by atoms with E-state index in [1.54, 1.807) is 4.68 Å². The van der Waals surface area contributed by atoms with E-state index in [1.165, 1.54) is 0 Å². The fraction of sp³-hybridized carbons (Fsp3) is 0.0870. The standard InChI is InChI=1S/C23H20N2O/c1-16-8-6-12-19(14-16)22-21(18-10-4-3-5-11-18)23(26)25(24-22)20-13-7-9-17(2)15-20/h3-15,24H,1-2H3. The van der Waals surface area contributed by atoms with Crippen LogP contribution in [0.1, 0.15) is 11.1 Å². The van der Waals surface area contributed by atoms with Crippen LogP contribution in [0.15, 0.2) is 83.7 Å². The largest absolute Gasteiger partial charge is 0.290 e. The number of hydrogen-bond donors (Lipinski definition) is 1. The summed E-state index contributed by atoms with van der Waals surface area (Å²) in [6.45, 7) is 4.08. The average Bonchev–Trinajstić information content (AvgIpc) is 3.00. The van der Waals surface area contributed by atoms with Gasteiger partial charge in [-0.05, 0) is 43.2 Å². The fourth-order valence-corrected chi connectivity index (χ4v) is 3.27. The van der Waals surface area contributed by atoms with Crippen LogP contribution in [0.3, 0.4) is 0 Å². The summed E-state index contributed by atoms with van der Waals surface area (Å²) in [4.78, 5) is 13.3. The van der Waals surface area contributed by atoms with Gasteiger partial charge >= 0.3 is 0 Å². The Bertz CT molecular complexity index is 1120. The van der Waals surface area contributed by atoms with Crippen LogP contribution in [-0.2, 0) is 0 Å². The van der Waals surface area contributed by atoms with Crippen LogP contribution in [0.5, 0.6) is 0 Å². The molecule has 0 atom stereocenters. The number of aryl methyl sites for hydroxylation is 2. The highest BCUT2D eigenvalue weighted by Crippen LogP contribution is 2.29. The van der Waals surface area contributed by atoms with E-state index < -0.39 is 0 Å². The SMILES string of the molecule is Cc1cccc(-c2[nH]n(-c3cccc(C)c3)c(=O)c2-c2ccccc2)c1. The van der Waals surface area contributed by atoms with E-state index in [9.17, 15) is 4.79 Å². The number of rotatable bonds is 3. The van der Waals surface area contributed by atoms with E-state index in [2.05, 4.69) is 24.2 Å². The first kappa shape index (κ1) is 16.2. The maximum absolute atomic E-state index is 13.3. The van der Waals surface area contributed by atoms with Crippen molar-refractivity contribution in [2.45, 2.75) is 13.8 Å². The Morgan fingerprint density at radius 1 is 0.731 bits per heavy atom. The van der Waals surface area contributed by atoms with Crippen molar-refractivity contribution < 1.29 is 0 Å². The molecule has 4 rings (SSSR count). The van der Waals surface area contributed by atoms with Crippen molar-refractivity contribution in [1.29, 1.82) is 0 Å². The minimum absolute atomic E-state index is 0.0432. The molecule has 0 bridgehead atoms. The van der Waals surface area contributed by atoms with Crippen LogP contribution in [0.4, 0.5) is 0 Å². The molecule has 0 saturated carbocycles. The molecule has 1 aromatic heterocycles. The molecule has 0 amide bonds. The summed E-state index contributed by atoms with van der Waals surface area (Å²) in [5.74, 6) is 0. The lowest BCUT2D eigenvalue weighted by atomic mass is 10.0. The van der Waals surface area contributed by atoms with E-state index in [1.807, 2.05) is 73.7 Å². The molecule has 26 heavy (non-hydrogen) atoms. The Balaban J connectivity index is 2.01.